The van der Waals surface area contributed by atoms with Crippen LogP contribution >= 0.6 is 0 Å². The van der Waals surface area contributed by atoms with Gasteiger partial charge >= 0.3 is 0 Å². The van der Waals surface area contributed by atoms with Crippen molar-refractivity contribution in [2.75, 3.05) is 6.61 Å². The third kappa shape index (κ3) is 4.52. The summed E-state index contributed by atoms with van der Waals surface area (Å²) in [6, 6.07) is 11.8. The summed E-state index contributed by atoms with van der Waals surface area (Å²) in [4.78, 5) is 14.5. The molecule has 0 spiro atoms. The zero-order chi connectivity index (χ0) is 24.5. The highest BCUT2D eigenvalue weighted by Gasteiger charge is 2.45. The van der Waals surface area contributed by atoms with Crippen molar-refractivity contribution in [1.82, 2.24) is 15.5 Å². The van der Waals surface area contributed by atoms with Crippen molar-refractivity contribution in [1.29, 1.82) is 5.41 Å². The number of benzene rings is 2. The molecule has 2 aromatic carbocycles. The van der Waals surface area contributed by atoms with Gasteiger partial charge < -0.3 is 15.2 Å². The van der Waals surface area contributed by atoms with E-state index in [0.29, 0.717) is 24.2 Å². The number of carbonyl (C=O) groups excluding carboxylic acids is 1. The molecule has 7 nitrogen and oxygen atoms in total. The molecule has 2 unspecified atom stereocenters. The standard InChI is InChI=1S/C26H33FN4O3/c1-4-26(5-2)16(3)24(33)31(25(28)30-26)15-17-12-18(14-19(27)13-17)23(32)29-21-10-11-34-22-9-7-6-8-20(21)22/h6-9,12-14,16,21,23,29,32H,4-5,10-11,15H2,1-3H3,(H2,28,30)/t16?,21-,23?/m0/s1. The quantitative estimate of drug-likeness (QED) is 0.461. The van der Waals surface area contributed by atoms with E-state index in [1.54, 1.807) is 6.07 Å². The first-order valence-corrected chi connectivity index (χ1v) is 11.9. The van der Waals surface area contributed by atoms with E-state index < -0.39 is 17.6 Å². The lowest BCUT2D eigenvalue weighted by Crippen LogP contribution is -2.66. The fourth-order valence-corrected chi connectivity index (χ4v) is 5.10. The van der Waals surface area contributed by atoms with Crippen LogP contribution in [0.15, 0.2) is 42.5 Å². The van der Waals surface area contributed by atoms with Gasteiger partial charge in [-0.15, -0.1) is 0 Å². The smallest absolute Gasteiger partial charge is 0.234 e. The van der Waals surface area contributed by atoms with Crippen LogP contribution in [0.2, 0.25) is 0 Å². The Morgan fingerprint density at radius 2 is 2.03 bits per heavy atom. The van der Waals surface area contributed by atoms with Crippen LogP contribution in [0, 0.1) is 17.1 Å². The van der Waals surface area contributed by atoms with Crippen molar-refractivity contribution in [3.8, 4) is 5.75 Å². The minimum absolute atomic E-state index is 0.0232. The third-order valence-electron chi connectivity index (χ3n) is 7.32. The number of hydrogen-bond donors (Lipinski definition) is 4. The maximum atomic E-state index is 14.5. The molecule has 0 radical (unpaired) electrons. The number of rotatable bonds is 7. The minimum atomic E-state index is -1.10. The van der Waals surface area contributed by atoms with E-state index >= 15 is 0 Å². The molecule has 4 N–H and O–H groups in total. The first-order valence-electron chi connectivity index (χ1n) is 11.9. The highest BCUT2D eigenvalue weighted by molar-refractivity contribution is 6.00. The molecule has 0 aliphatic carbocycles. The summed E-state index contributed by atoms with van der Waals surface area (Å²) in [6.45, 7) is 6.46. The normalized spacial score (nSPS) is 22.6. The summed E-state index contributed by atoms with van der Waals surface area (Å²) in [7, 11) is 0. The summed E-state index contributed by atoms with van der Waals surface area (Å²) in [6.07, 6.45) is 1.02. The second-order valence-electron chi connectivity index (χ2n) is 9.17. The average Bonchev–Trinajstić information content (AvgIpc) is 2.84. The molecule has 4 rings (SSSR count). The molecule has 182 valence electrons. The fourth-order valence-electron chi connectivity index (χ4n) is 5.10. The lowest BCUT2D eigenvalue weighted by Gasteiger charge is -2.46. The van der Waals surface area contributed by atoms with Crippen LogP contribution in [0.4, 0.5) is 4.39 Å². The summed E-state index contributed by atoms with van der Waals surface area (Å²) < 4.78 is 20.2. The maximum absolute atomic E-state index is 14.5. The molecule has 2 aliphatic rings. The van der Waals surface area contributed by atoms with E-state index in [-0.39, 0.29) is 30.4 Å². The number of nitrogens with one attached hydrogen (secondary N) is 3. The van der Waals surface area contributed by atoms with Crippen LogP contribution in [0.3, 0.4) is 0 Å². The molecule has 1 saturated heterocycles. The molecule has 0 bridgehead atoms. The number of para-hydroxylation sites is 1. The van der Waals surface area contributed by atoms with Crippen molar-refractivity contribution < 1.29 is 19.0 Å². The Balaban J connectivity index is 1.52. The van der Waals surface area contributed by atoms with Crippen molar-refractivity contribution in [3.05, 3.63) is 65.0 Å². The van der Waals surface area contributed by atoms with Crippen molar-refractivity contribution in [2.24, 2.45) is 5.92 Å². The maximum Gasteiger partial charge on any atom is 0.234 e. The molecule has 1 fully saturated rings. The molecular formula is C26H33FN4O3. The van der Waals surface area contributed by atoms with Gasteiger partial charge in [-0.3, -0.25) is 20.4 Å². The van der Waals surface area contributed by atoms with E-state index in [1.807, 2.05) is 45.0 Å². The number of nitrogens with zero attached hydrogens (tertiary/aromatic N) is 1. The van der Waals surface area contributed by atoms with Crippen LogP contribution in [0.1, 0.15) is 69.0 Å². The average molecular weight is 469 g/mol. The van der Waals surface area contributed by atoms with E-state index in [9.17, 15) is 14.3 Å². The second kappa shape index (κ2) is 9.72. The van der Waals surface area contributed by atoms with E-state index in [4.69, 9.17) is 10.1 Å². The lowest BCUT2D eigenvalue weighted by molar-refractivity contribution is -0.136. The molecule has 8 heteroatoms. The van der Waals surface area contributed by atoms with Crippen LogP contribution in [-0.2, 0) is 11.3 Å². The summed E-state index contributed by atoms with van der Waals surface area (Å²) in [5.74, 6) is -0.178. The van der Waals surface area contributed by atoms with Crippen LogP contribution in [0.5, 0.6) is 5.75 Å². The van der Waals surface area contributed by atoms with Crippen molar-refractivity contribution in [2.45, 2.75) is 64.4 Å². The van der Waals surface area contributed by atoms with Crippen LogP contribution in [-0.4, -0.2) is 34.0 Å². The predicted molar refractivity (Wildman–Crippen MR) is 128 cm³/mol. The van der Waals surface area contributed by atoms with E-state index in [2.05, 4.69) is 10.6 Å². The Hall–Kier alpha value is -2.97. The van der Waals surface area contributed by atoms with Crippen LogP contribution in [0.25, 0.3) is 0 Å². The molecule has 2 aromatic rings. The zero-order valence-electron chi connectivity index (χ0n) is 19.9. The molecule has 2 aliphatic heterocycles. The largest absolute Gasteiger partial charge is 0.493 e. The number of aliphatic hydroxyl groups is 1. The third-order valence-corrected chi connectivity index (χ3v) is 7.32. The number of ether oxygens (including phenoxy) is 1. The summed E-state index contributed by atoms with van der Waals surface area (Å²) in [5.41, 5.74) is 1.38. The lowest BCUT2D eigenvalue weighted by atomic mass is 9.78. The van der Waals surface area contributed by atoms with Gasteiger partial charge in [0.2, 0.25) is 5.91 Å². The monoisotopic (exact) mass is 468 g/mol. The van der Waals surface area contributed by atoms with Gasteiger partial charge in [0, 0.05) is 18.0 Å². The van der Waals surface area contributed by atoms with E-state index in [0.717, 1.165) is 24.2 Å². The Bertz CT molecular complexity index is 1070. The molecule has 2 heterocycles. The Morgan fingerprint density at radius 3 is 2.76 bits per heavy atom. The molecular weight excluding hydrogens is 435 g/mol. The first-order chi connectivity index (χ1) is 16.3. The van der Waals surface area contributed by atoms with Gasteiger partial charge in [-0.05, 0) is 48.2 Å². The number of aliphatic hydroxyl groups excluding tert-OH is 1. The van der Waals surface area contributed by atoms with Gasteiger partial charge in [-0.1, -0.05) is 39.0 Å². The Labute approximate surface area is 199 Å². The summed E-state index contributed by atoms with van der Waals surface area (Å²) in [5, 5.41) is 25.7. The molecule has 0 aromatic heterocycles. The van der Waals surface area contributed by atoms with Crippen molar-refractivity contribution in [3.63, 3.8) is 0 Å². The van der Waals surface area contributed by atoms with Gasteiger partial charge in [-0.25, -0.2) is 4.39 Å². The summed E-state index contributed by atoms with van der Waals surface area (Å²) >= 11 is 0. The first kappa shape index (κ1) is 24.2. The number of carbonyl (C=O) groups is 1. The Kier molecular flexibility index (Phi) is 6.91. The molecule has 3 atom stereocenters. The topological polar surface area (TPSA) is 97.7 Å². The van der Waals surface area contributed by atoms with Crippen molar-refractivity contribution >= 4 is 11.9 Å². The highest BCUT2D eigenvalue weighted by Crippen LogP contribution is 2.34. The van der Waals surface area contributed by atoms with Crippen LogP contribution < -0.4 is 15.4 Å². The van der Waals surface area contributed by atoms with Gasteiger partial charge in [0.25, 0.3) is 0 Å². The van der Waals surface area contributed by atoms with Gasteiger partial charge in [0.05, 0.1) is 24.6 Å². The van der Waals surface area contributed by atoms with Gasteiger partial charge in [-0.2, -0.15) is 0 Å². The fraction of sp³-hybridized carbons (Fsp3) is 0.462. The molecule has 34 heavy (non-hydrogen) atoms. The van der Waals surface area contributed by atoms with Gasteiger partial charge in [0.1, 0.15) is 17.8 Å². The van der Waals surface area contributed by atoms with Gasteiger partial charge in [0.15, 0.2) is 5.96 Å². The Morgan fingerprint density at radius 1 is 1.29 bits per heavy atom. The zero-order valence-corrected chi connectivity index (χ0v) is 19.9. The van der Waals surface area contributed by atoms with E-state index in [1.165, 1.54) is 17.0 Å². The molecule has 0 saturated carbocycles. The predicted octanol–water partition coefficient (Wildman–Crippen LogP) is 3.99. The number of halogens is 1. The number of guanidine groups is 1. The minimum Gasteiger partial charge on any atom is -0.493 e. The number of hydrogen-bond acceptors (Lipinski definition) is 5. The second-order valence-corrected chi connectivity index (χ2v) is 9.17. The SMILES string of the molecule is CCC1(CC)NC(=N)N(Cc2cc(F)cc(C(O)N[C@H]3CCOc4ccccc43)c2)C(=O)C1C. The highest BCUT2D eigenvalue weighted by atomic mass is 19.1. The number of amides is 1. The molecule has 1 amide bonds. The number of fused-ring (bicyclic) bond motifs is 1.